The van der Waals surface area contributed by atoms with Gasteiger partial charge < -0.3 is 4.98 Å². The summed E-state index contributed by atoms with van der Waals surface area (Å²) in [6.07, 6.45) is 3.24. The number of aromatic nitrogens is 2. The molecular weight excluding hydrogens is 446 g/mol. The summed E-state index contributed by atoms with van der Waals surface area (Å²) in [7, 11) is -3.91. The van der Waals surface area contributed by atoms with E-state index in [4.69, 9.17) is 11.6 Å². The largest absolute Gasteiger partial charge is 0.322 e. The van der Waals surface area contributed by atoms with Crippen molar-refractivity contribution in [2.24, 2.45) is 0 Å². The molecule has 0 atom stereocenters. The second-order valence-corrected chi connectivity index (χ2v) is 10.1. The van der Waals surface area contributed by atoms with Crippen LogP contribution in [0.3, 0.4) is 0 Å². The summed E-state index contributed by atoms with van der Waals surface area (Å²) in [5.41, 5.74) is 3.55. The van der Waals surface area contributed by atoms with E-state index in [2.05, 4.69) is 9.97 Å². The van der Waals surface area contributed by atoms with Gasteiger partial charge in [-0.15, -0.1) is 0 Å². The van der Waals surface area contributed by atoms with Crippen molar-refractivity contribution in [3.63, 3.8) is 0 Å². The third kappa shape index (κ3) is 4.60. The predicted molar refractivity (Wildman–Crippen MR) is 126 cm³/mol. The Kier molecular flexibility index (Phi) is 6.15. The highest BCUT2D eigenvalue weighted by Crippen LogP contribution is 2.24. The first-order chi connectivity index (χ1) is 15.2. The molecule has 32 heavy (non-hydrogen) atoms. The number of pyridine rings is 2. The molecule has 8 heteroatoms. The van der Waals surface area contributed by atoms with Crippen molar-refractivity contribution in [1.29, 1.82) is 0 Å². The van der Waals surface area contributed by atoms with E-state index in [9.17, 15) is 13.2 Å². The van der Waals surface area contributed by atoms with Crippen LogP contribution in [0.2, 0.25) is 5.02 Å². The van der Waals surface area contributed by atoms with Gasteiger partial charge in [0.2, 0.25) is 10.0 Å². The predicted octanol–water partition coefficient (Wildman–Crippen LogP) is 4.58. The fourth-order valence-corrected chi connectivity index (χ4v) is 5.23. The molecule has 0 amide bonds. The van der Waals surface area contributed by atoms with E-state index in [1.165, 1.54) is 28.6 Å². The molecule has 4 aromatic rings. The van der Waals surface area contributed by atoms with Crippen molar-refractivity contribution in [2.45, 2.75) is 31.8 Å². The molecule has 0 saturated carbocycles. The van der Waals surface area contributed by atoms with Crippen LogP contribution in [0.4, 0.5) is 0 Å². The zero-order valence-corrected chi connectivity index (χ0v) is 19.2. The van der Waals surface area contributed by atoms with Gasteiger partial charge in [0.05, 0.1) is 4.90 Å². The molecule has 6 nitrogen and oxygen atoms in total. The molecule has 0 saturated heterocycles. The Morgan fingerprint density at radius 3 is 2.47 bits per heavy atom. The first-order valence-electron chi connectivity index (χ1n) is 10.0. The minimum absolute atomic E-state index is 0.0726. The molecule has 2 heterocycles. The van der Waals surface area contributed by atoms with Crippen molar-refractivity contribution >= 4 is 32.5 Å². The first-order valence-corrected chi connectivity index (χ1v) is 11.8. The van der Waals surface area contributed by atoms with Crippen molar-refractivity contribution < 1.29 is 8.42 Å². The summed E-state index contributed by atoms with van der Waals surface area (Å²) >= 11 is 5.94. The molecule has 0 fully saturated rings. The maximum absolute atomic E-state index is 13.5. The van der Waals surface area contributed by atoms with E-state index in [-0.39, 0.29) is 23.5 Å². The molecule has 2 aromatic carbocycles. The lowest BCUT2D eigenvalue weighted by atomic mass is 10.0. The van der Waals surface area contributed by atoms with Crippen LogP contribution < -0.4 is 5.56 Å². The van der Waals surface area contributed by atoms with Gasteiger partial charge in [-0.3, -0.25) is 9.78 Å². The van der Waals surface area contributed by atoms with E-state index in [0.29, 0.717) is 16.1 Å². The standard InChI is InChI=1S/C24H22ClN3O3S/c1-16-10-17(2)22-12-19(24(29)27-23(22)11-16)15-28(14-18-4-3-9-26-13-18)32(30,31)21-7-5-20(25)6-8-21/h3-13H,14-15H2,1-2H3,(H,27,29). The maximum Gasteiger partial charge on any atom is 0.252 e. The first kappa shape index (κ1) is 22.2. The van der Waals surface area contributed by atoms with E-state index < -0.39 is 10.0 Å². The van der Waals surface area contributed by atoms with Crippen LogP contribution in [-0.4, -0.2) is 22.7 Å². The lowest BCUT2D eigenvalue weighted by molar-refractivity contribution is 0.399. The lowest BCUT2D eigenvalue weighted by Crippen LogP contribution is -2.32. The highest BCUT2D eigenvalue weighted by atomic mass is 35.5. The Bertz CT molecular complexity index is 1430. The molecule has 2 aromatic heterocycles. The zero-order chi connectivity index (χ0) is 22.9. The number of nitrogens with one attached hydrogen (secondary N) is 1. The Balaban J connectivity index is 1.79. The number of aromatic amines is 1. The minimum atomic E-state index is -3.91. The van der Waals surface area contributed by atoms with Crippen LogP contribution in [-0.2, 0) is 23.1 Å². The third-order valence-corrected chi connectivity index (χ3v) is 7.33. The molecule has 0 bridgehead atoms. The van der Waals surface area contributed by atoms with E-state index >= 15 is 0 Å². The number of rotatable bonds is 6. The quantitative estimate of drug-likeness (QED) is 0.449. The number of hydrogen-bond acceptors (Lipinski definition) is 4. The number of aryl methyl sites for hydroxylation is 2. The number of sulfonamides is 1. The normalized spacial score (nSPS) is 11.9. The highest BCUT2D eigenvalue weighted by molar-refractivity contribution is 7.89. The second-order valence-electron chi connectivity index (χ2n) is 7.76. The van der Waals surface area contributed by atoms with E-state index in [1.54, 1.807) is 30.6 Å². The zero-order valence-electron chi connectivity index (χ0n) is 17.7. The van der Waals surface area contributed by atoms with Gasteiger partial charge in [-0.05, 0) is 73.0 Å². The molecule has 0 aliphatic heterocycles. The summed E-state index contributed by atoms with van der Waals surface area (Å²) in [4.78, 5) is 19.9. The number of fused-ring (bicyclic) bond motifs is 1. The number of nitrogens with zero attached hydrogens (tertiary/aromatic N) is 2. The van der Waals surface area contributed by atoms with Crippen LogP contribution in [0, 0.1) is 13.8 Å². The highest BCUT2D eigenvalue weighted by Gasteiger charge is 2.26. The summed E-state index contributed by atoms with van der Waals surface area (Å²) in [5, 5.41) is 1.33. The lowest BCUT2D eigenvalue weighted by Gasteiger charge is -2.22. The average molecular weight is 468 g/mol. The average Bonchev–Trinajstić information content (AvgIpc) is 2.75. The fourth-order valence-electron chi connectivity index (χ4n) is 3.70. The van der Waals surface area contributed by atoms with Gasteiger partial charge in [0.25, 0.3) is 5.56 Å². The number of benzene rings is 2. The van der Waals surface area contributed by atoms with Crippen LogP contribution in [0.1, 0.15) is 22.3 Å². The van der Waals surface area contributed by atoms with E-state index in [0.717, 1.165) is 22.0 Å². The number of halogens is 1. The third-order valence-electron chi connectivity index (χ3n) is 5.27. The number of hydrogen-bond donors (Lipinski definition) is 1. The summed E-state index contributed by atoms with van der Waals surface area (Å²) in [6, 6.07) is 15.3. The Labute approximate surface area is 191 Å². The second kappa shape index (κ2) is 8.86. The fraction of sp³-hybridized carbons (Fsp3) is 0.167. The van der Waals surface area contributed by atoms with Gasteiger partial charge in [0, 0.05) is 47.0 Å². The van der Waals surface area contributed by atoms with Gasteiger partial charge >= 0.3 is 0 Å². The van der Waals surface area contributed by atoms with Crippen molar-refractivity contribution in [2.75, 3.05) is 0 Å². The minimum Gasteiger partial charge on any atom is -0.322 e. The molecule has 0 aliphatic carbocycles. The van der Waals surface area contributed by atoms with Gasteiger partial charge in [-0.1, -0.05) is 23.7 Å². The molecule has 0 radical (unpaired) electrons. The van der Waals surface area contributed by atoms with Crippen LogP contribution in [0.25, 0.3) is 10.9 Å². The molecule has 0 unspecified atom stereocenters. The molecule has 0 aliphatic rings. The SMILES string of the molecule is Cc1cc(C)c2cc(CN(Cc3cccnc3)S(=O)(=O)c3ccc(Cl)cc3)c(=O)[nH]c2c1. The number of H-pyrrole nitrogens is 1. The van der Waals surface area contributed by atoms with Gasteiger partial charge in [0.1, 0.15) is 0 Å². The van der Waals surface area contributed by atoms with Crippen molar-refractivity contribution in [3.05, 3.63) is 105 Å². The van der Waals surface area contributed by atoms with E-state index in [1.807, 2.05) is 26.0 Å². The summed E-state index contributed by atoms with van der Waals surface area (Å²) < 4.78 is 28.3. The molecule has 164 valence electrons. The molecule has 0 spiro atoms. The molecular formula is C24H22ClN3O3S. The Morgan fingerprint density at radius 1 is 1.03 bits per heavy atom. The van der Waals surface area contributed by atoms with Crippen molar-refractivity contribution in [1.82, 2.24) is 14.3 Å². The van der Waals surface area contributed by atoms with Crippen LogP contribution in [0.15, 0.2) is 76.7 Å². The Morgan fingerprint density at radius 2 is 1.78 bits per heavy atom. The smallest absolute Gasteiger partial charge is 0.252 e. The summed E-state index contributed by atoms with van der Waals surface area (Å²) in [5.74, 6) is 0. The van der Waals surface area contributed by atoms with Crippen LogP contribution in [0.5, 0.6) is 0 Å². The molecule has 1 N–H and O–H groups in total. The van der Waals surface area contributed by atoms with Gasteiger partial charge in [-0.25, -0.2) is 8.42 Å². The maximum atomic E-state index is 13.5. The Hall–Kier alpha value is -3.00. The van der Waals surface area contributed by atoms with Crippen LogP contribution >= 0.6 is 11.6 Å². The molecule has 4 rings (SSSR count). The topological polar surface area (TPSA) is 83.1 Å². The van der Waals surface area contributed by atoms with Crippen molar-refractivity contribution in [3.8, 4) is 0 Å². The monoisotopic (exact) mass is 467 g/mol. The van der Waals surface area contributed by atoms with Gasteiger partial charge in [-0.2, -0.15) is 4.31 Å². The van der Waals surface area contributed by atoms with Gasteiger partial charge in [0.15, 0.2) is 0 Å². The summed E-state index contributed by atoms with van der Waals surface area (Å²) in [6.45, 7) is 3.92.